The van der Waals surface area contributed by atoms with Crippen LogP contribution in [0.3, 0.4) is 0 Å². The minimum Gasteiger partial charge on any atom is -0.484 e. The summed E-state index contributed by atoms with van der Waals surface area (Å²) in [6, 6.07) is 6.10. The van der Waals surface area contributed by atoms with Gasteiger partial charge in [-0.3, -0.25) is 4.79 Å². The highest BCUT2D eigenvalue weighted by atomic mass is 19.4. The predicted molar refractivity (Wildman–Crippen MR) is 95.6 cm³/mol. The summed E-state index contributed by atoms with van der Waals surface area (Å²) in [4.78, 5) is 14.7. The molecule has 4 nitrogen and oxygen atoms in total. The summed E-state index contributed by atoms with van der Waals surface area (Å²) in [6.07, 6.45) is -1.41. The molecular weight excluding hydrogens is 359 g/mol. The van der Waals surface area contributed by atoms with Crippen molar-refractivity contribution in [2.75, 3.05) is 18.1 Å². The molecule has 27 heavy (non-hydrogen) atoms. The monoisotopic (exact) mass is 383 g/mol. The number of benzene rings is 1. The van der Waals surface area contributed by atoms with E-state index in [2.05, 4.69) is 6.58 Å². The lowest BCUT2D eigenvalue weighted by molar-refractivity contribution is -0.153. The van der Waals surface area contributed by atoms with E-state index in [1.54, 1.807) is 17.0 Å². The predicted octanol–water partition coefficient (Wildman–Crippen LogP) is 4.23. The van der Waals surface area contributed by atoms with Crippen molar-refractivity contribution in [3.8, 4) is 5.75 Å². The number of alkyl halides is 3. The Morgan fingerprint density at radius 3 is 2.30 bits per heavy atom. The van der Waals surface area contributed by atoms with E-state index in [1.807, 2.05) is 6.92 Å². The van der Waals surface area contributed by atoms with Crippen LogP contribution in [0.1, 0.15) is 39.0 Å². The molecule has 1 aliphatic carbocycles. The van der Waals surface area contributed by atoms with Gasteiger partial charge < -0.3 is 14.7 Å². The highest BCUT2D eigenvalue weighted by Crippen LogP contribution is 2.50. The molecule has 3 rings (SSSR count). The number of anilines is 1. The van der Waals surface area contributed by atoms with E-state index in [4.69, 9.17) is 4.74 Å². The number of amides is 1. The first-order valence-electron chi connectivity index (χ1n) is 9.05. The smallest absolute Gasteiger partial charge is 0.422 e. The van der Waals surface area contributed by atoms with Gasteiger partial charge in [-0.25, -0.2) is 0 Å². The highest BCUT2D eigenvalue weighted by molar-refractivity contribution is 6.00. The van der Waals surface area contributed by atoms with Gasteiger partial charge in [-0.1, -0.05) is 6.58 Å². The Balaban J connectivity index is 1.66. The molecule has 0 atom stereocenters. The van der Waals surface area contributed by atoms with Crippen LogP contribution in [0.5, 0.6) is 5.75 Å². The third-order valence-corrected chi connectivity index (χ3v) is 5.89. The maximum atomic E-state index is 13.0. The number of rotatable bonds is 4. The normalized spacial score (nSPS) is 28.6. The van der Waals surface area contributed by atoms with Crippen molar-refractivity contribution >= 4 is 11.6 Å². The molecule has 1 spiro atoms. The molecule has 0 unspecified atom stereocenters. The van der Waals surface area contributed by atoms with Crippen LogP contribution in [0.2, 0.25) is 0 Å². The summed E-state index contributed by atoms with van der Waals surface area (Å²) in [6.45, 7) is 4.89. The minimum absolute atomic E-state index is 0.0234. The van der Waals surface area contributed by atoms with Crippen molar-refractivity contribution < 1.29 is 27.8 Å². The van der Waals surface area contributed by atoms with Gasteiger partial charge in [0.15, 0.2) is 6.61 Å². The Hall–Kier alpha value is -2.02. The van der Waals surface area contributed by atoms with E-state index in [0.29, 0.717) is 44.3 Å². The second kappa shape index (κ2) is 6.86. The van der Waals surface area contributed by atoms with Crippen LogP contribution in [0.4, 0.5) is 18.9 Å². The molecule has 1 aromatic carbocycles. The SMILES string of the molecule is C=C(C)[C@]1(O)CC[C@@]2(CCN(c3ccc(OCC(F)(F)F)cc3)C2=O)CC1. The van der Waals surface area contributed by atoms with Crippen LogP contribution in [-0.2, 0) is 4.79 Å². The molecule has 2 aliphatic rings. The fraction of sp³-hybridized carbons (Fsp3) is 0.550. The third-order valence-electron chi connectivity index (χ3n) is 5.89. The minimum atomic E-state index is -4.39. The number of hydrogen-bond donors (Lipinski definition) is 1. The molecule has 1 saturated carbocycles. The summed E-state index contributed by atoms with van der Waals surface area (Å²) in [5.41, 5.74) is 0.0230. The largest absolute Gasteiger partial charge is 0.484 e. The molecule has 1 amide bonds. The number of nitrogens with zero attached hydrogens (tertiary/aromatic N) is 1. The molecule has 148 valence electrons. The van der Waals surface area contributed by atoms with E-state index in [0.717, 1.165) is 5.57 Å². The number of halogens is 3. The van der Waals surface area contributed by atoms with Crippen LogP contribution in [0.25, 0.3) is 0 Å². The number of hydrogen-bond acceptors (Lipinski definition) is 3. The van der Waals surface area contributed by atoms with Gasteiger partial charge in [-0.15, -0.1) is 0 Å². The standard InChI is InChI=1S/C20H24F3NO3/c1-14(2)19(26)9-7-18(8-10-19)11-12-24(17(18)25)15-3-5-16(6-4-15)27-13-20(21,22)23/h3-6,26H,1,7-13H2,2H3/t18-,19-. The van der Waals surface area contributed by atoms with Crippen LogP contribution in [-0.4, -0.2) is 35.9 Å². The van der Waals surface area contributed by atoms with Crippen molar-refractivity contribution in [1.82, 2.24) is 0 Å². The lowest BCUT2D eigenvalue weighted by atomic mass is 9.66. The quantitative estimate of drug-likeness (QED) is 0.792. The summed E-state index contributed by atoms with van der Waals surface area (Å²) >= 11 is 0. The van der Waals surface area contributed by atoms with Crippen LogP contribution in [0.15, 0.2) is 36.4 Å². The molecule has 7 heteroatoms. The van der Waals surface area contributed by atoms with Gasteiger partial charge in [-0.2, -0.15) is 13.2 Å². The Morgan fingerprint density at radius 2 is 1.78 bits per heavy atom. The molecule has 0 radical (unpaired) electrons. The fourth-order valence-corrected chi connectivity index (χ4v) is 3.99. The summed E-state index contributed by atoms with van der Waals surface area (Å²) < 4.78 is 41.4. The van der Waals surface area contributed by atoms with E-state index >= 15 is 0 Å². The van der Waals surface area contributed by atoms with Crippen LogP contribution in [0, 0.1) is 5.41 Å². The third kappa shape index (κ3) is 3.98. The van der Waals surface area contributed by atoms with Gasteiger partial charge in [-0.05, 0) is 68.9 Å². The van der Waals surface area contributed by atoms with Crippen molar-refractivity contribution in [2.24, 2.45) is 5.41 Å². The van der Waals surface area contributed by atoms with Gasteiger partial charge >= 0.3 is 6.18 Å². The first kappa shape index (κ1) is 19.7. The maximum Gasteiger partial charge on any atom is 0.422 e. The lowest BCUT2D eigenvalue weighted by Crippen LogP contribution is -2.43. The van der Waals surface area contributed by atoms with E-state index in [9.17, 15) is 23.1 Å². The summed E-state index contributed by atoms with van der Waals surface area (Å²) in [5, 5.41) is 10.6. The number of carbonyl (C=O) groups excluding carboxylic acids is 1. The molecule has 2 fully saturated rings. The Bertz CT molecular complexity index is 719. The van der Waals surface area contributed by atoms with Crippen LogP contribution >= 0.6 is 0 Å². The number of aliphatic hydroxyl groups is 1. The van der Waals surface area contributed by atoms with Gasteiger partial charge in [0.1, 0.15) is 5.75 Å². The average molecular weight is 383 g/mol. The van der Waals surface area contributed by atoms with Crippen LogP contribution < -0.4 is 9.64 Å². The Kier molecular flexibility index (Phi) is 5.01. The zero-order chi connectivity index (χ0) is 19.9. The molecule has 1 heterocycles. The summed E-state index contributed by atoms with van der Waals surface area (Å²) in [5.74, 6) is 0.136. The maximum absolute atomic E-state index is 13.0. The molecule has 1 N–H and O–H groups in total. The number of ether oxygens (including phenoxy) is 1. The molecule has 0 bridgehead atoms. The van der Waals surface area contributed by atoms with E-state index in [1.165, 1.54) is 12.1 Å². The molecular formula is C20H24F3NO3. The zero-order valence-corrected chi connectivity index (χ0v) is 15.3. The molecule has 0 aromatic heterocycles. The lowest BCUT2D eigenvalue weighted by Gasteiger charge is -2.41. The highest BCUT2D eigenvalue weighted by Gasteiger charge is 2.51. The van der Waals surface area contributed by atoms with Crippen molar-refractivity contribution in [2.45, 2.75) is 50.8 Å². The summed E-state index contributed by atoms with van der Waals surface area (Å²) in [7, 11) is 0. The Morgan fingerprint density at radius 1 is 1.19 bits per heavy atom. The molecule has 1 saturated heterocycles. The first-order valence-corrected chi connectivity index (χ1v) is 9.05. The fourth-order valence-electron chi connectivity index (χ4n) is 3.99. The number of carbonyl (C=O) groups is 1. The van der Waals surface area contributed by atoms with Gasteiger partial charge in [0.05, 0.1) is 11.0 Å². The molecule has 1 aromatic rings. The average Bonchev–Trinajstić information content (AvgIpc) is 2.92. The van der Waals surface area contributed by atoms with E-state index < -0.39 is 23.8 Å². The van der Waals surface area contributed by atoms with Crippen molar-refractivity contribution in [3.05, 3.63) is 36.4 Å². The Labute approximate surface area is 156 Å². The topological polar surface area (TPSA) is 49.8 Å². The van der Waals surface area contributed by atoms with E-state index in [-0.39, 0.29) is 11.7 Å². The molecule has 1 aliphatic heterocycles. The van der Waals surface area contributed by atoms with Crippen molar-refractivity contribution in [3.63, 3.8) is 0 Å². The van der Waals surface area contributed by atoms with Crippen molar-refractivity contribution in [1.29, 1.82) is 0 Å². The zero-order valence-electron chi connectivity index (χ0n) is 15.3. The van der Waals surface area contributed by atoms with Gasteiger partial charge in [0.2, 0.25) is 5.91 Å². The van der Waals surface area contributed by atoms with Gasteiger partial charge in [0.25, 0.3) is 0 Å². The first-order chi connectivity index (χ1) is 12.5. The second-order valence-electron chi connectivity index (χ2n) is 7.70. The van der Waals surface area contributed by atoms with Gasteiger partial charge in [0, 0.05) is 12.2 Å². The second-order valence-corrected chi connectivity index (χ2v) is 7.70.